The largest absolute Gasteiger partial charge is 0.448 e. The Balaban J connectivity index is 1.55. The molecule has 3 aromatic heterocycles. The number of rotatable bonds is 4. The van der Waals surface area contributed by atoms with Crippen molar-refractivity contribution in [2.24, 2.45) is 7.05 Å². The SMILES string of the molecule is Cn1ncc2c(N)nc3ccc(C(=O)N(Cc4ccc(C(F)(F)F)cn4)N4CCCOC4=O)cc3c21. The number of carbonyl (C=O) groups excluding carboxylic acids is 2. The molecule has 1 aliphatic heterocycles. The number of fused-ring (bicyclic) bond motifs is 3. The second kappa shape index (κ2) is 8.66. The minimum Gasteiger partial charge on any atom is -0.448 e. The molecule has 0 atom stereocenters. The van der Waals surface area contributed by atoms with E-state index in [9.17, 15) is 22.8 Å². The average molecular weight is 499 g/mol. The topological polar surface area (TPSA) is 119 Å². The molecule has 4 aromatic rings. The molecule has 2 N–H and O–H groups in total. The molecule has 0 saturated carbocycles. The summed E-state index contributed by atoms with van der Waals surface area (Å²) in [6.07, 6.45) is -2.52. The van der Waals surface area contributed by atoms with Gasteiger partial charge in [-0.15, -0.1) is 0 Å². The number of hydrazine groups is 1. The van der Waals surface area contributed by atoms with Crippen LogP contribution in [0.3, 0.4) is 0 Å². The third-order valence-corrected chi connectivity index (χ3v) is 5.89. The summed E-state index contributed by atoms with van der Waals surface area (Å²) in [4.78, 5) is 34.4. The van der Waals surface area contributed by atoms with Crippen molar-refractivity contribution < 1.29 is 27.5 Å². The second-order valence-electron chi connectivity index (χ2n) is 8.25. The highest BCUT2D eigenvalue weighted by atomic mass is 19.4. The molecule has 0 unspecified atom stereocenters. The van der Waals surface area contributed by atoms with Gasteiger partial charge in [0.05, 0.1) is 47.0 Å². The van der Waals surface area contributed by atoms with E-state index in [0.717, 1.165) is 16.1 Å². The van der Waals surface area contributed by atoms with E-state index in [1.165, 1.54) is 6.07 Å². The van der Waals surface area contributed by atoms with Gasteiger partial charge in [-0.2, -0.15) is 18.3 Å². The number of cyclic esters (lactones) is 1. The molecule has 1 aliphatic rings. The monoisotopic (exact) mass is 499 g/mol. The van der Waals surface area contributed by atoms with Crippen molar-refractivity contribution >= 4 is 39.6 Å². The van der Waals surface area contributed by atoms with Crippen LogP contribution in [0.15, 0.2) is 42.7 Å². The Morgan fingerprint density at radius 2 is 2.00 bits per heavy atom. The van der Waals surface area contributed by atoms with E-state index in [1.54, 1.807) is 36.1 Å². The summed E-state index contributed by atoms with van der Waals surface area (Å²) < 4.78 is 45.6. The van der Waals surface area contributed by atoms with E-state index in [0.29, 0.717) is 40.2 Å². The Kier molecular flexibility index (Phi) is 5.61. The van der Waals surface area contributed by atoms with Crippen molar-refractivity contribution in [3.63, 3.8) is 0 Å². The maximum atomic E-state index is 13.7. The first-order chi connectivity index (χ1) is 17.1. The number of anilines is 1. The first-order valence-corrected chi connectivity index (χ1v) is 10.9. The number of nitrogens with two attached hydrogens (primary N) is 1. The Morgan fingerprint density at radius 1 is 1.19 bits per heavy atom. The molecule has 1 fully saturated rings. The van der Waals surface area contributed by atoms with Gasteiger partial charge in [-0.05, 0) is 30.3 Å². The van der Waals surface area contributed by atoms with Crippen LogP contribution in [0.25, 0.3) is 21.8 Å². The standard InChI is InChI=1S/C23H20F3N7O3/c1-31-19-16-9-13(3-6-18(16)30-20(27)17(19)11-29-31)21(34)33(32-7-2-8-36-22(32)35)12-15-5-4-14(10-28-15)23(24,25)26/h3-6,9-11H,2,7-8,12H2,1H3,(H2,27,30). The lowest BCUT2D eigenvalue weighted by Crippen LogP contribution is -2.52. The zero-order valence-electron chi connectivity index (χ0n) is 19.0. The molecule has 36 heavy (non-hydrogen) atoms. The highest BCUT2D eigenvalue weighted by Gasteiger charge is 2.33. The van der Waals surface area contributed by atoms with Crippen LogP contribution in [0.1, 0.15) is 28.0 Å². The molecule has 4 heterocycles. The number of amides is 2. The number of benzene rings is 1. The fourth-order valence-electron chi connectivity index (χ4n) is 4.10. The van der Waals surface area contributed by atoms with Crippen LogP contribution in [0, 0.1) is 0 Å². The quantitative estimate of drug-likeness (QED) is 0.456. The molecule has 0 aliphatic carbocycles. The van der Waals surface area contributed by atoms with Crippen LogP contribution >= 0.6 is 0 Å². The minimum absolute atomic E-state index is 0.166. The number of halogens is 3. The summed E-state index contributed by atoms with van der Waals surface area (Å²) in [6.45, 7) is 0.158. The molecule has 1 aromatic carbocycles. The zero-order chi connectivity index (χ0) is 25.6. The van der Waals surface area contributed by atoms with Gasteiger partial charge in [-0.1, -0.05) is 0 Å². The molecule has 5 rings (SSSR count). The fourth-order valence-corrected chi connectivity index (χ4v) is 4.10. The summed E-state index contributed by atoms with van der Waals surface area (Å²) in [5, 5.41) is 7.74. The van der Waals surface area contributed by atoms with Gasteiger partial charge in [0.1, 0.15) is 5.82 Å². The number of nitrogen functional groups attached to an aromatic ring is 1. The number of hydrogen-bond acceptors (Lipinski definition) is 7. The Bertz CT molecular complexity index is 1480. The van der Waals surface area contributed by atoms with E-state index in [4.69, 9.17) is 10.5 Å². The van der Waals surface area contributed by atoms with Crippen molar-refractivity contribution in [2.45, 2.75) is 19.1 Å². The minimum atomic E-state index is -4.54. The molecule has 0 spiro atoms. The second-order valence-corrected chi connectivity index (χ2v) is 8.25. The number of nitrogens with zero attached hydrogens (tertiary/aromatic N) is 6. The van der Waals surface area contributed by atoms with Gasteiger partial charge in [-0.25, -0.2) is 19.8 Å². The fraction of sp³-hybridized carbons (Fsp3) is 0.261. The summed E-state index contributed by atoms with van der Waals surface area (Å²) in [5.41, 5.74) is 6.75. The Labute approximate surface area is 202 Å². The molecule has 2 amide bonds. The number of hydrogen-bond donors (Lipinski definition) is 1. The average Bonchev–Trinajstić information content (AvgIpc) is 3.25. The third-order valence-electron chi connectivity index (χ3n) is 5.89. The molecule has 0 radical (unpaired) electrons. The van der Waals surface area contributed by atoms with Crippen LogP contribution in [-0.2, 0) is 24.5 Å². The summed E-state index contributed by atoms with van der Waals surface area (Å²) >= 11 is 0. The molecular weight excluding hydrogens is 479 g/mol. The summed E-state index contributed by atoms with van der Waals surface area (Å²) in [6, 6.07) is 6.85. The van der Waals surface area contributed by atoms with Crippen molar-refractivity contribution in [2.75, 3.05) is 18.9 Å². The lowest BCUT2D eigenvalue weighted by molar-refractivity contribution is -0.137. The molecular formula is C23H20F3N7O3. The highest BCUT2D eigenvalue weighted by molar-refractivity contribution is 6.10. The maximum Gasteiger partial charge on any atom is 0.428 e. The maximum absolute atomic E-state index is 13.7. The van der Waals surface area contributed by atoms with Crippen molar-refractivity contribution in [3.05, 3.63) is 59.5 Å². The third kappa shape index (κ3) is 4.12. The van der Waals surface area contributed by atoms with Gasteiger partial charge in [0.2, 0.25) is 0 Å². The molecule has 0 bridgehead atoms. The normalized spacial score (nSPS) is 14.3. The van der Waals surface area contributed by atoms with E-state index in [1.807, 2.05) is 0 Å². The van der Waals surface area contributed by atoms with E-state index in [2.05, 4.69) is 15.1 Å². The highest BCUT2D eigenvalue weighted by Crippen LogP contribution is 2.30. The lowest BCUT2D eigenvalue weighted by atomic mass is 10.1. The first-order valence-electron chi connectivity index (χ1n) is 10.9. The number of alkyl halides is 3. The predicted molar refractivity (Wildman–Crippen MR) is 122 cm³/mol. The van der Waals surface area contributed by atoms with Gasteiger partial charge in [0.25, 0.3) is 5.91 Å². The van der Waals surface area contributed by atoms with Gasteiger partial charge in [0.15, 0.2) is 0 Å². The van der Waals surface area contributed by atoms with Gasteiger partial charge < -0.3 is 10.5 Å². The smallest absolute Gasteiger partial charge is 0.428 e. The molecule has 186 valence electrons. The first kappa shape index (κ1) is 23.3. The Hall–Kier alpha value is -4.42. The van der Waals surface area contributed by atoms with Crippen LogP contribution in [0.2, 0.25) is 0 Å². The number of aryl methyl sites for hydroxylation is 1. The van der Waals surface area contributed by atoms with Gasteiger partial charge >= 0.3 is 12.3 Å². The molecule has 13 heteroatoms. The summed E-state index contributed by atoms with van der Waals surface area (Å²) in [7, 11) is 1.74. The Morgan fingerprint density at radius 3 is 2.69 bits per heavy atom. The zero-order valence-corrected chi connectivity index (χ0v) is 19.0. The van der Waals surface area contributed by atoms with E-state index >= 15 is 0 Å². The van der Waals surface area contributed by atoms with Crippen molar-refractivity contribution in [1.29, 1.82) is 0 Å². The van der Waals surface area contributed by atoms with Gasteiger partial charge in [-0.3, -0.25) is 14.5 Å². The van der Waals surface area contributed by atoms with Crippen molar-refractivity contribution in [3.8, 4) is 0 Å². The van der Waals surface area contributed by atoms with Crippen LogP contribution in [0.4, 0.5) is 23.8 Å². The molecule has 1 saturated heterocycles. The van der Waals surface area contributed by atoms with Gasteiger partial charge in [0, 0.05) is 37.2 Å². The van der Waals surface area contributed by atoms with E-state index in [-0.39, 0.29) is 31.0 Å². The number of carbonyl (C=O) groups is 2. The van der Waals surface area contributed by atoms with E-state index < -0.39 is 23.7 Å². The van der Waals surface area contributed by atoms with Crippen molar-refractivity contribution in [1.82, 2.24) is 29.8 Å². The van der Waals surface area contributed by atoms with Crippen LogP contribution < -0.4 is 5.73 Å². The lowest BCUT2D eigenvalue weighted by Gasteiger charge is -2.36. The molecule has 10 nitrogen and oxygen atoms in total. The van der Waals surface area contributed by atoms with Crippen LogP contribution in [0.5, 0.6) is 0 Å². The summed E-state index contributed by atoms with van der Waals surface area (Å²) in [5.74, 6) is -0.264. The number of ether oxygens (including phenoxy) is 1. The number of aromatic nitrogens is 4. The number of pyridine rings is 2. The van der Waals surface area contributed by atoms with Crippen LogP contribution in [-0.4, -0.2) is 54.9 Å². The predicted octanol–water partition coefficient (Wildman–Crippen LogP) is 3.52.